The van der Waals surface area contributed by atoms with Crippen molar-refractivity contribution in [3.63, 3.8) is 0 Å². The van der Waals surface area contributed by atoms with Gasteiger partial charge in [-0.15, -0.1) is 0 Å². The molecule has 2 aliphatic rings. The highest BCUT2D eigenvalue weighted by molar-refractivity contribution is 6.47. The van der Waals surface area contributed by atoms with Crippen LogP contribution < -0.4 is 10.9 Å². The normalized spacial score (nSPS) is 14.0. The molecular weight excluding hydrogens is 1070 g/mol. The second-order valence-electron chi connectivity index (χ2n) is 26.4. The van der Waals surface area contributed by atoms with Gasteiger partial charge in [-0.3, -0.25) is 0 Å². The third-order valence-electron chi connectivity index (χ3n) is 19.3. The molecule has 1 aromatic heterocycles. The summed E-state index contributed by atoms with van der Waals surface area (Å²) in [5.41, 5.74) is 22.6. The Hall–Kier alpha value is -8.75. The highest BCUT2D eigenvalue weighted by Gasteiger charge is 2.46. The number of aromatic nitrogens is 2. The van der Waals surface area contributed by atoms with E-state index in [1.165, 1.54) is 77.9 Å². The number of hydrogen-bond acceptors (Lipinski definition) is 6. The number of hydrogen-bond donors (Lipinski definition) is 2. The standard InChI is InChI=1S/C80H72B2N2O4/c1-75(2)69-47-57(51-25-27-52(28-26-51)59-39-46-67-64-23-17-18-24-68(64)80(71(67)49-59,60-19-13-11-14-20-60)61-21-15-12-16-22-61)37-44-65(69)66-45-38-58(48-70(66)75)53-29-31-54(32-30-53)72-73(55-33-40-62(41-34-55)81-87-78(7,8)76(3,4)85)83-50-84-74(72)56-35-42-63(43-36-56)82-88-79(9,10)77(5,6)86/h11-50,85-86H,1-10H3. The molecule has 0 bridgehead atoms. The van der Waals surface area contributed by atoms with Crippen LogP contribution in [0, 0.1) is 0 Å². The lowest BCUT2D eigenvalue weighted by atomic mass is 9.67. The summed E-state index contributed by atoms with van der Waals surface area (Å²) in [5, 5.41) is 21.4. The first kappa shape index (κ1) is 58.3. The number of benzene rings is 10. The van der Waals surface area contributed by atoms with Gasteiger partial charge in [-0.2, -0.15) is 0 Å². The predicted molar refractivity (Wildman–Crippen MR) is 363 cm³/mol. The Kier molecular flexibility index (Phi) is 14.7. The molecule has 13 rings (SSSR count). The molecule has 6 nitrogen and oxygen atoms in total. The molecule has 11 aromatic rings. The van der Waals surface area contributed by atoms with E-state index in [4.69, 9.17) is 19.3 Å². The quantitative estimate of drug-likeness (QED) is 0.0938. The van der Waals surface area contributed by atoms with E-state index in [1.807, 2.05) is 52.0 Å². The minimum atomic E-state index is -1.05. The summed E-state index contributed by atoms with van der Waals surface area (Å²) in [6.45, 7) is 19.2. The van der Waals surface area contributed by atoms with Crippen LogP contribution in [-0.4, -0.2) is 57.5 Å². The second kappa shape index (κ2) is 22.1. The van der Waals surface area contributed by atoms with Crippen molar-refractivity contribution < 1.29 is 19.5 Å². The fourth-order valence-electron chi connectivity index (χ4n) is 12.7. The van der Waals surface area contributed by atoms with Gasteiger partial charge in [-0.25, -0.2) is 9.97 Å². The minimum Gasteiger partial charge on any atom is -0.427 e. The van der Waals surface area contributed by atoms with E-state index in [9.17, 15) is 10.2 Å². The fourth-order valence-corrected chi connectivity index (χ4v) is 12.7. The molecule has 2 N–H and O–H groups in total. The van der Waals surface area contributed by atoms with E-state index in [0.717, 1.165) is 55.7 Å². The lowest BCUT2D eigenvalue weighted by Gasteiger charge is -2.37. The molecule has 0 amide bonds. The van der Waals surface area contributed by atoms with Crippen molar-refractivity contribution in [2.45, 2.75) is 102 Å². The van der Waals surface area contributed by atoms with E-state index in [-0.39, 0.29) is 5.41 Å². The Morgan fingerprint density at radius 2 is 0.670 bits per heavy atom. The van der Waals surface area contributed by atoms with Gasteiger partial charge < -0.3 is 19.5 Å². The summed E-state index contributed by atoms with van der Waals surface area (Å²) in [6.07, 6.45) is 1.63. The number of nitrogens with zero attached hydrogens (tertiary/aromatic N) is 2. The van der Waals surface area contributed by atoms with Crippen molar-refractivity contribution in [2.75, 3.05) is 0 Å². The van der Waals surface area contributed by atoms with Crippen LogP contribution in [0.1, 0.15) is 103 Å². The van der Waals surface area contributed by atoms with Crippen molar-refractivity contribution in [1.82, 2.24) is 9.97 Å². The summed E-state index contributed by atoms with van der Waals surface area (Å²) in [4.78, 5) is 9.91. The molecule has 88 heavy (non-hydrogen) atoms. The van der Waals surface area contributed by atoms with Crippen molar-refractivity contribution in [3.05, 3.63) is 276 Å². The zero-order chi connectivity index (χ0) is 61.4. The summed E-state index contributed by atoms with van der Waals surface area (Å²) >= 11 is 0. The second-order valence-corrected chi connectivity index (χ2v) is 26.4. The predicted octanol–water partition coefficient (Wildman–Crippen LogP) is 16.8. The Balaban J connectivity index is 0.784. The van der Waals surface area contributed by atoms with Crippen molar-refractivity contribution in [1.29, 1.82) is 0 Å². The first-order valence-electron chi connectivity index (χ1n) is 30.5. The zero-order valence-electron chi connectivity index (χ0n) is 51.9. The van der Waals surface area contributed by atoms with E-state index in [0.29, 0.717) is 0 Å². The van der Waals surface area contributed by atoms with Gasteiger partial charge in [0.25, 0.3) is 0 Å². The molecular formula is C80H72B2N2O4. The van der Waals surface area contributed by atoms with E-state index in [1.54, 1.807) is 49.0 Å². The van der Waals surface area contributed by atoms with Crippen LogP contribution >= 0.6 is 0 Å². The van der Waals surface area contributed by atoms with Crippen LogP contribution in [0.5, 0.6) is 0 Å². The van der Waals surface area contributed by atoms with Crippen LogP contribution in [0.3, 0.4) is 0 Å². The summed E-state index contributed by atoms with van der Waals surface area (Å²) in [6, 6.07) is 86.1. The Bertz CT molecular complexity index is 4260. The molecule has 1 heterocycles. The van der Waals surface area contributed by atoms with Gasteiger partial charge >= 0.3 is 15.0 Å². The van der Waals surface area contributed by atoms with Crippen molar-refractivity contribution >= 4 is 25.9 Å². The molecule has 0 unspecified atom stereocenters. The summed E-state index contributed by atoms with van der Waals surface area (Å²) < 4.78 is 12.2. The third-order valence-corrected chi connectivity index (χ3v) is 19.3. The third kappa shape index (κ3) is 10.3. The molecule has 10 aromatic carbocycles. The monoisotopic (exact) mass is 1150 g/mol. The van der Waals surface area contributed by atoms with Gasteiger partial charge in [0.2, 0.25) is 0 Å². The molecule has 0 atom stereocenters. The van der Waals surface area contributed by atoms with E-state index in [2.05, 4.69) is 226 Å². The van der Waals surface area contributed by atoms with Crippen LogP contribution in [0.2, 0.25) is 0 Å². The number of rotatable bonds is 16. The smallest absolute Gasteiger partial charge is 0.330 e. The average molecular weight is 1150 g/mol. The lowest BCUT2D eigenvalue weighted by molar-refractivity contribution is -0.0893. The molecule has 2 radical (unpaired) electrons. The van der Waals surface area contributed by atoms with Crippen LogP contribution in [0.15, 0.2) is 243 Å². The van der Waals surface area contributed by atoms with Crippen LogP contribution in [0.25, 0.3) is 89.3 Å². The molecule has 0 spiro atoms. The molecule has 8 heteroatoms. The van der Waals surface area contributed by atoms with Gasteiger partial charge in [-0.05, 0) is 168 Å². The molecule has 432 valence electrons. The van der Waals surface area contributed by atoms with Crippen LogP contribution in [0.4, 0.5) is 0 Å². The van der Waals surface area contributed by atoms with Gasteiger partial charge in [0, 0.05) is 22.1 Å². The van der Waals surface area contributed by atoms with Gasteiger partial charge in [0.15, 0.2) is 0 Å². The summed E-state index contributed by atoms with van der Waals surface area (Å²) in [7, 11) is 3.40. The number of fused-ring (bicyclic) bond motifs is 6. The number of aliphatic hydroxyl groups is 2. The van der Waals surface area contributed by atoms with Crippen LogP contribution in [-0.2, 0) is 20.1 Å². The molecule has 0 saturated carbocycles. The largest absolute Gasteiger partial charge is 0.427 e. The highest BCUT2D eigenvalue weighted by atomic mass is 16.5. The highest BCUT2D eigenvalue weighted by Crippen LogP contribution is 2.57. The van der Waals surface area contributed by atoms with Crippen molar-refractivity contribution in [3.8, 4) is 89.3 Å². The molecule has 0 aliphatic heterocycles. The maximum Gasteiger partial charge on any atom is 0.330 e. The van der Waals surface area contributed by atoms with Crippen molar-refractivity contribution in [2.24, 2.45) is 0 Å². The summed E-state index contributed by atoms with van der Waals surface area (Å²) in [5.74, 6) is 0. The average Bonchev–Trinajstić information content (AvgIpc) is 1.55. The first-order valence-corrected chi connectivity index (χ1v) is 30.5. The van der Waals surface area contributed by atoms with E-state index < -0.39 is 27.8 Å². The van der Waals surface area contributed by atoms with Gasteiger partial charge in [-0.1, -0.05) is 243 Å². The molecule has 0 saturated heterocycles. The zero-order valence-corrected chi connectivity index (χ0v) is 51.9. The maximum atomic E-state index is 10.7. The molecule has 0 fully saturated rings. The molecule has 2 aliphatic carbocycles. The Labute approximate surface area is 520 Å². The lowest BCUT2D eigenvalue weighted by Crippen LogP contribution is -2.49. The Morgan fingerprint density at radius 1 is 0.341 bits per heavy atom. The van der Waals surface area contributed by atoms with Gasteiger partial charge in [0.05, 0.1) is 39.2 Å². The van der Waals surface area contributed by atoms with Gasteiger partial charge in [0.1, 0.15) is 6.33 Å². The van der Waals surface area contributed by atoms with E-state index >= 15 is 0 Å². The minimum absolute atomic E-state index is 0.246. The topological polar surface area (TPSA) is 84.7 Å². The first-order chi connectivity index (χ1) is 42.1. The SMILES string of the molecule is CC1(C)c2cc(-c3ccc(-c4ccc5c(c4)C(c4ccccc4)(c4ccccc4)c4ccccc4-5)cc3)ccc2-c2ccc(-c3ccc(-c4c(-c5ccc([B]OC(C)(C)C(C)(C)O)cc5)ncnc4-c4ccc([B]OC(C)(C)C(C)(C)O)cc4)cc3)cc21. The fraction of sp³-hybridized carbons (Fsp3) is 0.200. The Morgan fingerprint density at radius 3 is 1.08 bits per heavy atom. The maximum absolute atomic E-state index is 10.7.